The van der Waals surface area contributed by atoms with E-state index >= 15 is 0 Å². The van der Waals surface area contributed by atoms with Crippen LogP contribution in [0.1, 0.15) is 37.8 Å². The topological polar surface area (TPSA) is 67.6 Å². The molecule has 7 heteroatoms. The second-order valence-corrected chi connectivity index (χ2v) is 6.01. The molecule has 1 aliphatic heterocycles. The number of benzene rings is 1. The van der Waals surface area contributed by atoms with Crippen molar-refractivity contribution >= 4 is 30.7 Å². The summed E-state index contributed by atoms with van der Waals surface area (Å²) in [4.78, 5) is 14.6. The third kappa shape index (κ3) is 7.12. The number of carbonyl (C=O) groups excluding carboxylic acids is 1. The Kier molecular flexibility index (Phi) is 12.1. The molecule has 0 spiro atoms. The predicted octanol–water partition coefficient (Wildman–Crippen LogP) is 2.49. The molecule has 0 radical (unpaired) electrons. The van der Waals surface area contributed by atoms with Crippen LogP contribution in [-0.4, -0.2) is 42.6 Å². The van der Waals surface area contributed by atoms with Gasteiger partial charge < -0.3 is 15.8 Å². The number of nitrogens with zero attached hydrogens (tertiary/aromatic N) is 1. The van der Waals surface area contributed by atoms with E-state index in [-0.39, 0.29) is 42.9 Å². The van der Waals surface area contributed by atoms with Gasteiger partial charge >= 0.3 is 0 Å². The van der Waals surface area contributed by atoms with Crippen LogP contribution in [0.4, 0.5) is 0 Å². The average Bonchev–Trinajstić information content (AvgIpc) is 3.07. The Hall–Kier alpha value is -0.850. The summed E-state index contributed by atoms with van der Waals surface area (Å²) in [5.41, 5.74) is 8.03. The number of ether oxygens (including phenoxy) is 1. The van der Waals surface area contributed by atoms with Crippen molar-refractivity contribution in [3.63, 3.8) is 0 Å². The monoisotopic (exact) mass is 391 g/mol. The molecule has 3 N–H and O–H groups in total. The average molecular weight is 392 g/mol. The first-order valence-corrected chi connectivity index (χ1v) is 8.60. The highest BCUT2D eigenvalue weighted by atomic mass is 35.5. The third-order valence-electron chi connectivity index (χ3n) is 4.52. The zero-order chi connectivity index (χ0) is 16.7. The molecular formula is C18H31Cl2N3O2. The Morgan fingerprint density at radius 2 is 1.84 bits per heavy atom. The van der Waals surface area contributed by atoms with Gasteiger partial charge in [0, 0.05) is 19.6 Å². The van der Waals surface area contributed by atoms with Gasteiger partial charge in [-0.15, -0.1) is 24.8 Å². The van der Waals surface area contributed by atoms with E-state index < -0.39 is 0 Å². The van der Waals surface area contributed by atoms with Crippen LogP contribution in [0, 0.1) is 0 Å². The van der Waals surface area contributed by atoms with E-state index in [0.717, 1.165) is 32.5 Å². The van der Waals surface area contributed by atoms with Gasteiger partial charge in [-0.25, -0.2) is 0 Å². The maximum absolute atomic E-state index is 12.2. The van der Waals surface area contributed by atoms with Crippen LogP contribution in [0.2, 0.25) is 0 Å². The molecule has 0 saturated carbocycles. The van der Waals surface area contributed by atoms with E-state index in [1.807, 2.05) is 6.07 Å². The van der Waals surface area contributed by atoms with Crippen LogP contribution < -0.4 is 11.1 Å². The lowest BCUT2D eigenvalue weighted by Gasteiger charge is -2.20. The second-order valence-electron chi connectivity index (χ2n) is 6.01. The van der Waals surface area contributed by atoms with Crippen LogP contribution in [-0.2, 0) is 22.6 Å². The molecule has 1 amide bonds. The minimum Gasteiger partial charge on any atom is -0.364 e. The number of halogens is 2. The molecule has 5 nitrogen and oxygen atoms in total. The standard InChI is InChI=1S/C18H29N3O2.2ClH/c1-3-21(4-2)13-15-8-6-5-7-14(15)12-20-18(22)17-10-9-16(11-19)23-17;;/h5-8,16-17H,3-4,9-13,19H2,1-2H3,(H,20,22);2*1H/t16-,17+;;/m1../s1. The summed E-state index contributed by atoms with van der Waals surface area (Å²) in [7, 11) is 0. The maximum atomic E-state index is 12.2. The molecule has 0 bridgehead atoms. The van der Waals surface area contributed by atoms with Crippen LogP contribution in [0.15, 0.2) is 24.3 Å². The molecule has 1 fully saturated rings. The maximum Gasteiger partial charge on any atom is 0.249 e. The molecule has 1 aromatic carbocycles. The van der Waals surface area contributed by atoms with E-state index in [0.29, 0.717) is 13.1 Å². The van der Waals surface area contributed by atoms with Crippen molar-refractivity contribution < 1.29 is 9.53 Å². The lowest BCUT2D eigenvalue weighted by Crippen LogP contribution is -2.35. The highest BCUT2D eigenvalue weighted by Gasteiger charge is 2.29. The fraction of sp³-hybridized carbons (Fsp3) is 0.611. The lowest BCUT2D eigenvalue weighted by molar-refractivity contribution is -0.132. The molecule has 1 aromatic rings. The highest BCUT2D eigenvalue weighted by molar-refractivity contribution is 5.85. The summed E-state index contributed by atoms with van der Waals surface area (Å²) in [6.45, 7) is 8.31. The molecule has 1 saturated heterocycles. The van der Waals surface area contributed by atoms with Gasteiger partial charge in [0.25, 0.3) is 0 Å². The minimum absolute atomic E-state index is 0. The van der Waals surface area contributed by atoms with E-state index in [4.69, 9.17) is 10.5 Å². The van der Waals surface area contributed by atoms with Crippen molar-refractivity contribution in [2.24, 2.45) is 5.73 Å². The predicted molar refractivity (Wildman–Crippen MR) is 106 cm³/mol. The number of carbonyl (C=O) groups is 1. The minimum atomic E-state index is -0.349. The quantitative estimate of drug-likeness (QED) is 0.714. The molecule has 2 rings (SSSR count). The molecule has 1 aliphatic rings. The van der Waals surface area contributed by atoms with Crippen molar-refractivity contribution in [3.05, 3.63) is 35.4 Å². The molecule has 1 heterocycles. The fourth-order valence-corrected chi connectivity index (χ4v) is 2.94. The van der Waals surface area contributed by atoms with Gasteiger partial charge in [0.2, 0.25) is 5.91 Å². The van der Waals surface area contributed by atoms with Gasteiger partial charge in [-0.3, -0.25) is 9.69 Å². The van der Waals surface area contributed by atoms with Crippen molar-refractivity contribution in [3.8, 4) is 0 Å². The number of nitrogens with one attached hydrogen (secondary N) is 1. The van der Waals surface area contributed by atoms with Crippen molar-refractivity contribution in [1.82, 2.24) is 10.2 Å². The van der Waals surface area contributed by atoms with Crippen LogP contribution in [0.3, 0.4) is 0 Å². The molecule has 0 unspecified atom stereocenters. The largest absolute Gasteiger partial charge is 0.364 e. The highest BCUT2D eigenvalue weighted by Crippen LogP contribution is 2.19. The Morgan fingerprint density at radius 3 is 2.40 bits per heavy atom. The van der Waals surface area contributed by atoms with Gasteiger partial charge in [-0.1, -0.05) is 38.1 Å². The van der Waals surface area contributed by atoms with Crippen LogP contribution in [0.5, 0.6) is 0 Å². The molecule has 144 valence electrons. The first-order chi connectivity index (χ1) is 11.2. The first kappa shape index (κ1) is 24.1. The van der Waals surface area contributed by atoms with Gasteiger partial charge in [0.05, 0.1) is 6.10 Å². The summed E-state index contributed by atoms with van der Waals surface area (Å²) >= 11 is 0. The fourth-order valence-electron chi connectivity index (χ4n) is 2.94. The van der Waals surface area contributed by atoms with E-state index in [1.165, 1.54) is 11.1 Å². The zero-order valence-corrected chi connectivity index (χ0v) is 16.7. The number of amides is 1. The Morgan fingerprint density at radius 1 is 1.20 bits per heavy atom. The number of hydrogen-bond acceptors (Lipinski definition) is 4. The smallest absolute Gasteiger partial charge is 0.249 e. The molecule has 2 atom stereocenters. The van der Waals surface area contributed by atoms with E-state index in [1.54, 1.807) is 0 Å². The van der Waals surface area contributed by atoms with Crippen molar-refractivity contribution in [2.45, 2.75) is 52.0 Å². The van der Waals surface area contributed by atoms with Gasteiger partial charge in [0.15, 0.2) is 0 Å². The summed E-state index contributed by atoms with van der Waals surface area (Å²) in [5.74, 6) is -0.0291. The summed E-state index contributed by atoms with van der Waals surface area (Å²) in [6, 6.07) is 8.29. The zero-order valence-electron chi connectivity index (χ0n) is 15.1. The van der Waals surface area contributed by atoms with Crippen LogP contribution in [0.25, 0.3) is 0 Å². The number of hydrogen-bond donors (Lipinski definition) is 2. The van der Waals surface area contributed by atoms with Crippen molar-refractivity contribution in [1.29, 1.82) is 0 Å². The normalized spacial score (nSPS) is 19.2. The molecule has 0 aliphatic carbocycles. The molecule has 0 aromatic heterocycles. The second kappa shape index (κ2) is 12.5. The number of rotatable bonds is 8. The third-order valence-corrected chi connectivity index (χ3v) is 4.52. The van der Waals surface area contributed by atoms with Crippen LogP contribution >= 0.6 is 24.8 Å². The van der Waals surface area contributed by atoms with Crippen molar-refractivity contribution in [2.75, 3.05) is 19.6 Å². The SMILES string of the molecule is CCN(CC)Cc1ccccc1CNC(=O)[C@@H]1CC[C@H](CN)O1.Cl.Cl. The Bertz CT molecular complexity index is 513. The summed E-state index contributed by atoms with van der Waals surface area (Å²) in [5, 5.41) is 3.01. The van der Waals surface area contributed by atoms with Gasteiger partial charge in [-0.2, -0.15) is 0 Å². The van der Waals surface area contributed by atoms with E-state index in [9.17, 15) is 4.79 Å². The Labute approximate surface area is 163 Å². The van der Waals surface area contributed by atoms with Gasteiger partial charge in [0.1, 0.15) is 6.10 Å². The molecular weight excluding hydrogens is 361 g/mol. The van der Waals surface area contributed by atoms with Gasteiger partial charge in [-0.05, 0) is 37.1 Å². The Balaban J connectivity index is 0.00000288. The lowest BCUT2D eigenvalue weighted by atomic mass is 10.1. The molecule has 25 heavy (non-hydrogen) atoms. The van der Waals surface area contributed by atoms with E-state index in [2.05, 4.69) is 42.3 Å². The summed E-state index contributed by atoms with van der Waals surface area (Å²) in [6.07, 6.45) is 1.31. The first-order valence-electron chi connectivity index (χ1n) is 8.60. The number of nitrogens with two attached hydrogens (primary N) is 1. The summed E-state index contributed by atoms with van der Waals surface area (Å²) < 4.78 is 5.65.